The minimum Gasteiger partial charge on any atom is -0.491 e. The van der Waals surface area contributed by atoms with Crippen molar-refractivity contribution in [3.05, 3.63) is 58.6 Å². The predicted molar refractivity (Wildman–Crippen MR) is 85.7 cm³/mol. The number of nitriles is 1. The minimum atomic E-state index is 0.118. The molecule has 0 bridgehead atoms. The van der Waals surface area contributed by atoms with Crippen LogP contribution in [0.2, 0.25) is 5.02 Å². The lowest BCUT2D eigenvalue weighted by Gasteiger charge is -2.15. The van der Waals surface area contributed by atoms with Gasteiger partial charge >= 0.3 is 0 Å². The molecule has 0 unspecified atom stereocenters. The lowest BCUT2D eigenvalue weighted by atomic mass is 10.1. The summed E-state index contributed by atoms with van der Waals surface area (Å²) in [5, 5.41) is 13.0. The summed E-state index contributed by atoms with van der Waals surface area (Å²) in [7, 11) is 0. The Morgan fingerprint density at radius 3 is 2.71 bits per heavy atom. The number of benzene rings is 2. The van der Waals surface area contributed by atoms with Gasteiger partial charge in [0.15, 0.2) is 0 Å². The summed E-state index contributed by atoms with van der Waals surface area (Å²) in [6.45, 7) is 4.56. The lowest BCUT2D eigenvalue weighted by Crippen LogP contribution is -2.09. The smallest absolute Gasteiger partial charge is 0.124 e. The van der Waals surface area contributed by atoms with Crippen LogP contribution < -0.4 is 10.1 Å². The van der Waals surface area contributed by atoms with Gasteiger partial charge in [0.2, 0.25) is 0 Å². The van der Waals surface area contributed by atoms with Crippen LogP contribution in [0, 0.1) is 11.3 Å². The maximum atomic E-state index is 9.12. The molecule has 0 atom stereocenters. The Hall–Kier alpha value is -2.18. The Morgan fingerprint density at radius 2 is 2.00 bits per heavy atom. The highest BCUT2D eigenvalue weighted by atomic mass is 35.5. The molecule has 1 N–H and O–H groups in total. The van der Waals surface area contributed by atoms with E-state index in [2.05, 4.69) is 11.4 Å². The Balaban J connectivity index is 2.17. The van der Waals surface area contributed by atoms with Crippen molar-refractivity contribution < 1.29 is 4.74 Å². The lowest BCUT2D eigenvalue weighted by molar-refractivity contribution is 0.240. The number of nitrogens with zero attached hydrogens (tertiary/aromatic N) is 1. The van der Waals surface area contributed by atoms with Gasteiger partial charge in [-0.05, 0) is 38.1 Å². The van der Waals surface area contributed by atoms with Crippen molar-refractivity contribution in [2.45, 2.75) is 26.5 Å². The van der Waals surface area contributed by atoms with Crippen LogP contribution in [0.1, 0.15) is 25.0 Å². The molecule has 2 aromatic carbocycles. The van der Waals surface area contributed by atoms with E-state index in [0.29, 0.717) is 17.1 Å². The van der Waals surface area contributed by atoms with Crippen molar-refractivity contribution in [1.29, 1.82) is 5.26 Å². The third kappa shape index (κ3) is 4.14. The third-order valence-electron chi connectivity index (χ3n) is 2.91. The zero-order valence-corrected chi connectivity index (χ0v) is 12.8. The third-order valence-corrected chi connectivity index (χ3v) is 3.14. The molecule has 0 saturated carbocycles. The Kier molecular flexibility index (Phi) is 5.08. The normalized spacial score (nSPS) is 10.2. The van der Waals surface area contributed by atoms with E-state index in [1.54, 1.807) is 18.2 Å². The largest absolute Gasteiger partial charge is 0.491 e. The number of halogens is 1. The van der Waals surface area contributed by atoms with E-state index in [1.807, 2.05) is 38.1 Å². The van der Waals surface area contributed by atoms with Gasteiger partial charge in [0.1, 0.15) is 11.8 Å². The number of rotatable bonds is 5. The molecule has 0 heterocycles. The highest BCUT2D eigenvalue weighted by Gasteiger charge is 2.07. The van der Waals surface area contributed by atoms with Crippen LogP contribution in [-0.2, 0) is 6.54 Å². The minimum absolute atomic E-state index is 0.118. The number of hydrogen-bond acceptors (Lipinski definition) is 3. The molecule has 0 aliphatic carbocycles. The summed E-state index contributed by atoms with van der Waals surface area (Å²) < 4.78 is 5.78. The van der Waals surface area contributed by atoms with E-state index in [1.165, 1.54) is 0 Å². The molecule has 108 valence electrons. The van der Waals surface area contributed by atoms with Crippen molar-refractivity contribution in [1.82, 2.24) is 0 Å². The number of anilines is 1. The van der Waals surface area contributed by atoms with Gasteiger partial charge in [0, 0.05) is 17.1 Å². The second-order valence-corrected chi connectivity index (χ2v) is 5.37. The molecule has 0 fully saturated rings. The zero-order valence-electron chi connectivity index (χ0n) is 12.1. The summed E-state index contributed by atoms with van der Waals surface area (Å²) in [6, 6.07) is 15.2. The number of hydrogen-bond donors (Lipinski definition) is 1. The van der Waals surface area contributed by atoms with Gasteiger partial charge in [-0.1, -0.05) is 29.8 Å². The fourth-order valence-corrected chi connectivity index (χ4v) is 2.14. The van der Waals surface area contributed by atoms with E-state index >= 15 is 0 Å². The molecule has 2 rings (SSSR count). The van der Waals surface area contributed by atoms with Crippen LogP contribution in [-0.4, -0.2) is 6.10 Å². The summed E-state index contributed by atoms with van der Waals surface area (Å²) >= 11 is 5.98. The quantitative estimate of drug-likeness (QED) is 0.877. The fraction of sp³-hybridized carbons (Fsp3) is 0.235. The molecule has 0 aromatic heterocycles. The maximum absolute atomic E-state index is 9.12. The summed E-state index contributed by atoms with van der Waals surface area (Å²) in [4.78, 5) is 0. The first-order chi connectivity index (χ1) is 10.1. The van der Waals surface area contributed by atoms with E-state index in [0.717, 1.165) is 17.0 Å². The van der Waals surface area contributed by atoms with Crippen molar-refractivity contribution in [3.63, 3.8) is 0 Å². The van der Waals surface area contributed by atoms with E-state index in [9.17, 15) is 0 Å². The Labute approximate surface area is 130 Å². The van der Waals surface area contributed by atoms with Gasteiger partial charge in [-0.15, -0.1) is 0 Å². The topological polar surface area (TPSA) is 45.0 Å². The molecular weight excluding hydrogens is 284 g/mol. The second kappa shape index (κ2) is 7.01. The van der Waals surface area contributed by atoms with Crippen LogP contribution in [0.3, 0.4) is 0 Å². The van der Waals surface area contributed by atoms with Crippen molar-refractivity contribution in [2.24, 2.45) is 0 Å². The monoisotopic (exact) mass is 300 g/mol. The average Bonchev–Trinajstić information content (AvgIpc) is 2.46. The maximum Gasteiger partial charge on any atom is 0.124 e. The summed E-state index contributed by atoms with van der Waals surface area (Å²) in [5.41, 5.74) is 2.33. The van der Waals surface area contributed by atoms with Gasteiger partial charge in [-0.3, -0.25) is 0 Å². The van der Waals surface area contributed by atoms with Crippen LogP contribution in [0.25, 0.3) is 0 Å². The van der Waals surface area contributed by atoms with Gasteiger partial charge in [0.05, 0.1) is 17.4 Å². The number of ether oxygens (including phenoxy) is 1. The molecule has 21 heavy (non-hydrogen) atoms. The van der Waals surface area contributed by atoms with Gasteiger partial charge in [-0.2, -0.15) is 5.26 Å². The molecule has 0 radical (unpaired) electrons. The van der Waals surface area contributed by atoms with Crippen molar-refractivity contribution in [3.8, 4) is 11.8 Å². The molecule has 0 aliphatic heterocycles. The summed E-state index contributed by atoms with van der Waals surface area (Å²) in [5.74, 6) is 0.848. The molecule has 2 aromatic rings. The molecule has 0 amide bonds. The van der Waals surface area contributed by atoms with Crippen LogP contribution >= 0.6 is 11.6 Å². The molecule has 4 heteroatoms. The zero-order chi connectivity index (χ0) is 15.2. The molecule has 0 spiro atoms. The van der Waals surface area contributed by atoms with E-state index < -0.39 is 0 Å². The highest BCUT2D eigenvalue weighted by Crippen LogP contribution is 2.24. The van der Waals surface area contributed by atoms with Crippen molar-refractivity contribution in [2.75, 3.05) is 5.32 Å². The molecule has 3 nitrogen and oxygen atoms in total. The highest BCUT2D eigenvalue weighted by molar-refractivity contribution is 6.30. The van der Waals surface area contributed by atoms with Crippen LogP contribution in [0.5, 0.6) is 5.75 Å². The number of para-hydroxylation sites is 1. The van der Waals surface area contributed by atoms with Crippen LogP contribution in [0.15, 0.2) is 42.5 Å². The van der Waals surface area contributed by atoms with E-state index in [-0.39, 0.29) is 6.10 Å². The molecular formula is C17H17ClN2O. The average molecular weight is 301 g/mol. The molecule has 0 aliphatic rings. The standard InChI is InChI=1S/C17H17ClN2O/c1-12(2)21-17-6-4-3-5-14(17)11-20-16-9-15(18)8-7-13(16)10-19/h3-9,12,20H,11H2,1-2H3. The fourth-order valence-electron chi connectivity index (χ4n) is 1.97. The Bertz CT molecular complexity index is 662. The number of nitrogens with one attached hydrogen (secondary N) is 1. The van der Waals surface area contributed by atoms with Crippen molar-refractivity contribution >= 4 is 17.3 Å². The van der Waals surface area contributed by atoms with Gasteiger partial charge in [0.25, 0.3) is 0 Å². The summed E-state index contributed by atoms with van der Waals surface area (Å²) in [6.07, 6.45) is 0.118. The predicted octanol–water partition coefficient (Wildman–Crippen LogP) is 4.61. The second-order valence-electron chi connectivity index (χ2n) is 4.93. The van der Waals surface area contributed by atoms with E-state index in [4.69, 9.17) is 21.6 Å². The van der Waals surface area contributed by atoms with Gasteiger partial charge in [-0.25, -0.2) is 0 Å². The first kappa shape index (κ1) is 15.2. The SMILES string of the molecule is CC(C)Oc1ccccc1CNc1cc(Cl)ccc1C#N. The van der Waals surface area contributed by atoms with Crippen LogP contribution in [0.4, 0.5) is 5.69 Å². The first-order valence-electron chi connectivity index (χ1n) is 6.78. The van der Waals surface area contributed by atoms with Gasteiger partial charge < -0.3 is 10.1 Å². The first-order valence-corrected chi connectivity index (χ1v) is 7.16. The molecule has 0 saturated heterocycles. The Morgan fingerprint density at radius 1 is 1.24 bits per heavy atom.